The quantitative estimate of drug-likeness (QED) is 0.535. The molecule has 0 fully saturated rings. The third kappa shape index (κ3) is 5.43. The number of thioether (sulfide) groups is 1. The number of anilines is 1. The van der Waals surface area contributed by atoms with E-state index in [9.17, 15) is 4.79 Å². The fourth-order valence-electron chi connectivity index (χ4n) is 2.45. The fraction of sp³-hybridized carbons (Fsp3) is 0.250. The van der Waals surface area contributed by atoms with Crippen LogP contribution in [0.3, 0.4) is 0 Å². The highest BCUT2D eigenvalue weighted by molar-refractivity contribution is 9.10. The predicted octanol–water partition coefficient (Wildman–Crippen LogP) is 5.08. The number of rotatable bonds is 6. The average molecular weight is 446 g/mol. The Morgan fingerprint density at radius 3 is 2.59 bits per heavy atom. The normalized spacial score (nSPS) is 10.8. The molecule has 0 atom stereocenters. The maximum atomic E-state index is 12.1. The first-order chi connectivity index (χ1) is 12.9. The molecule has 0 radical (unpaired) electrons. The first kappa shape index (κ1) is 19.6. The number of amides is 1. The van der Waals surface area contributed by atoms with E-state index in [4.69, 9.17) is 4.42 Å². The van der Waals surface area contributed by atoms with Crippen molar-refractivity contribution in [2.45, 2.75) is 32.4 Å². The Morgan fingerprint density at radius 1 is 1.07 bits per heavy atom. The third-order valence-electron chi connectivity index (χ3n) is 4.16. The number of benzene rings is 2. The summed E-state index contributed by atoms with van der Waals surface area (Å²) in [6, 6.07) is 12.0. The zero-order chi connectivity index (χ0) is 19.4. The molecule has 0 aliphatic rings. The predicted molar refractivity (Wildman–Crippen MR) is 111 cm³/mol. The Hall–Kier alpha value is -2.12. The number of hydrogen-bond donors (Lipinski definition) is 1. The first-order valence-corrected chi connectivity index (χ1v) is 10.3. The molecule has 1 aromatic heterocycles. The summed E-state index contributed by atoms with van der Waals surface area (Å²) in [6.07, 6.45) is 0.582. The molecule has 1 N–H and O–H groups in total. The lowest BCUT2D eigenvalue weighted by Gasteiger charge is -2.06. The molecular formula is C20H20BrN3O2S. The van der Waals surface area contributed by atoms with Crippen molar-refractivity contribution in [2.75, 3.05) is 11.1 Å². The van der Waals surface area contributed by atoms with E-state index in [2.05, 4.69) is 63.5 Å². The number of aromatic nitrogens is 2. The first-order valence-electron chi connectivity index (χ1n) is 8.48. The number of nitrogens with zero attached hydrogens (tertiary/aromatic N) is 2. The van der Waals surface area contributed by atoms with Crippen LogP contribution in [0, 0.1) is 20.8 Å². The van der Waals surface area contributed by atoms with Gasteiger partial charge in [0.15, 0.2) is 0 Å². The lowest BCUT2D eigenvalue weighted by molar-refractivity contribution is -0.113. The van der Waals surface area contributed by atoms with Crippen molar-refractivity contribution in [1.29, 1.82) is 0 Å². The Bertz CT molecular complexity index is 972. The fourth-order valence-corrected chi connectivity index (χ4v) is 3.41. The van der Waals surface area contributed by atoms with Crippen LogP contribution in [0.25, 0.3) is 0 Å². The van der Waals surface area contributed by atoms with Gasteiger partial charge in [0.05, 0.1) is 12.2 Å². The molecule has 3 aromatic rings. The Labute approximate surface area is 171 Å². The Kier molecular flexibility index (Phi) is 6.34. The minimum Gasteiger partial charge on any atom is -0.416 e. The van der Waals surface area contributed by atoms with Crippen molar-refractivity contribution < 1.29 is 9.21 Å². The topological polar surface area (TPSA) is 68.0 Å². The van der Waals surface area contributed by atoms with Gasteiger partial charge in [0.25, 0.3) is 5.22 Å². The second kappa shape index (κ2) is 8.71. The molecule has 0 spiro atoms. The molecule has 1 heterocycles. The molecule has 3 rings (SSSR count). The van der Waals surface area contributed by atoms with E-state index >= 15 is 0 Å². The van der Waals surface area contributed by atoms with Crippen molar-refractivity contribution in [2.24, 2.45) is 0 Å². The van der Waals surface area contributed by atoms with Gasteiger partial charge in [-0.2, -0.15) is 0 Å². The number of carbonyl (C=O) groups excluding carboxylic acids is 1. The second-order valence-electron chi connectivity index (χ2n) is 6.36. The second-order valence-corrected chi connectivity index (χ2v) is 8.14. The molecule has 2 aromatic carbocycles. The molecule has 5 nitrogen and oxygen atoms in total. The maximum absolute atomic E-state index is 12.1. The van der Waals surface area contributed by atoms with E-state index in [0.717, 1.165) is 21.3 Å². The average Bonchev–Trinajstić information content (AvgIpc) is 3.07. The highest BCUT2D eigenvalue weighted by Crippen LogP contribution is 2.22. The number of carbonyl (C=O) groups is 1. The molecule has 0 aliphatic heterocycles. The SMILES string of the molecule is Cc1ccc(Cc2nnc(SCC(=O)Nc3ccc(C)c(Br)c3)o2)cc1C. The minimum absolute atomic E-state index is 0.121. The Morgan fingerprint density at radius 2 is 1.85 bits per heavy atom. The van der Waals surface area contributed by atoms with Crippen LogP contribution in [0.2, 0.25) is 0 Å². The summed E-state index contributed by atoms with van der Waals surface area (Å²) in [6.45, 7) is 6.16. The van der Waals surface area contributed by atoms with Crippen LogP contribution in [0.4, 0.5) is 5.69 Å². The lowest BCUT2D eigenvalue weighted by Crippen LogP contribution is -2.14. The molecule has 0 aliphatic carbocycles. The standard InChI is InChI=1S/C20H20BrN3O2S/c1-12-4-6-15(8-14(12)3)9-19-23-24-20(26-19)27-11-18(25)22-16-7-5-13(2)17(21)10-16/h4-8,10H,9,11H2,1-3H3,(H,22,25). The summed E-state index contributed by atoms with van der Waals surface area (Å²) in [5, 5.41) is 11.3. The van der Waals surface area contributed by atoms with E-state index in [1.54, 1.807) is 0 Å². The van der Waals surface area contributed by atoms with Gasteiger partial charge in [0, 0.05) is 10.2 Å². The molecule has 0 bridgehead atoms. The van der Waals surface area contributed by atoms with Gasteiger partial charge in [-0.1, -0.05) is 52.0 Å². The summed E-state index contributed by atoms with van der Waals surface area (Å²) in [5.41, 5.74) is 5.48. The number of hydrogen-bond acceptors (Lipinski definition) is 5. The number of halogens is 1. The molecule has 27 heavy (non-hydrogen) atoms. The van der Waals surface area contributed by atoms with Crippen LogP contribution in [0.15, 0.2) is 50.5 Å². The largest absolute Gasteiger partial charge is 0.416 e. The summed E-state index contributed by atoms with van der Waals surface area (Å²) >= 11 is 4.69. The maximum Gasteiger partial charge on any atom is 0.277 e. The molecule has 0 unspecified atom stereocenters. The van der Waals surface area contributed by atoms with Crippen molar-refractivity contribution >= 4 is 39.3 Å². The van der Waals surface area contributed by atoms with Crippen molar-refractivity contribution in [3.63, 3.8) is 0 Å². The van der Waals surface area contributed by atoms with Gasteiger partial charge < -0.3 is 9.73 Å². The summed E-state index contributed by atoms with van der Waals surface area (Å²) in [7, 11) is 0. The van der Waals surface area contributed by atoms with Gasteiger partial charge >= 0.3 is 0 Å². The van der Waals surface area contributed by atoms with E-state index < -0.39 is 0 Å². The van der Waals surface area contributed by atoms with Crippen LogP contribution in [0.5, 0.6) is 0 Å². The number of nitrogens with one attached hydrogen (secondary N) is 1. The van der Waals surface area contributed by atoms with Crippen molar-refractivity contribution in [1.82, 2.24) is 10.2 Å². The molecule has 140 valence electrons. The van der Waals surface area contributed by atoms with E-state index in [0.29, 0.717) is 17.5 Å². The van der Waals surface area contributed by atoms with Crippen molar-refractivity contribution in [3.05, 3.63) is 69.0 Å². The lowest BCUT2D eigenvalue weighted by atomic mass is 10.0. The van der Waals surface area contributed by atoms with Crippen LogP contribution >= 0.6 is 27.7 Å². The van der Waals surface area contributed by atoms with Gasteiger partial charge in [-0.25, -0.2) is 0 Å². The van der Waals surface area contributed by atoms with Gasteiger partial charge in [0.2, 0.25) is 11.8 Å². The third-order valence-corrected chi connectivity index (χ3v) is 5.83. The summed E-state index contributed by atoms with van der Waals surface area (Å²) in [5.74, 6) is 0.629. The highest BCUT2D eigenvalue weighted by Gasteiger charge is 2.11. The summed E-state index contributed by atoms with van der Waals surface area (Å²) in [4.78, 5) is 12.1. The highest BCUT2D eigenvalue weighted by atomic mass is 79.9. The van der Waals surface area contributed by atoms with E-state index in [1.165, 1.54) is 22.9 Å². The molecule has 1 amide bonds. The van der Waals surface area contributed by atoms with Crippen LogP contribution < -0.4 is 5.32 Å². The molecule has 0 saturated heterocycles. The van der Waals surface area contributed by atoms with Crippen LogP contribution in [0.1, 0.15) is 28.1 Å². The zero-order valence-electron chi connectivity index (χ0n) is 15.4. The van der Waals surface area contributed by atoms with E-state index in [-0.39, 0.29) is 11.7 Å². The number of aryl methyl sites for hydroxylation is 3. The van der Waals surface area contributed by atoms with E-state index in [1.807, 2.05) is 25.1 Å². The van der Waals surface area contributed by atoms with Crippen LogP contribution in [-0.4, -0.2) is 21.9 Å². The van der Waals surface area contributed by atoms with Gasteiger partial charge in [-0.15, -0.1) is 10.2 Å². The van der Waals surface area contributed by atoms with Gasteiger partial charge in [-0.3, -0.25) is 4.79 Å². The van der Waals surface area contributed by atoms with Gasteiger partial charge in [-0.05, 0) is 55.2 Å². The smallest absolute Gasteiger partial charge is 0.277 e. The zero-order valence-corrected chi connectivity index (χ0v) is 17.8. The minimum atomic E-state index is -0.121. The van der Waals surface area contributed by atoms with Gasteiger partial charge in [0.1, 0.15) is 0 Å². The monoisotopic (exact) mass is 445 g/mol. The Balaban J connectivity index is 1.53. The molecular weight excluding hydrogens is 426 g/mol. The summed E-state index contributed by atoms with van der Waals surface area (Å²) < 4.78 is 6.61. The van der Waals surface area contributed by atoms with Crippen molar-refractivity contribution in [3.8, 4) is 0 Å². The van der Waals surface area contributed by atoms with Crippen LogP contribution in [-0.2, 0) is 11.2 Å². The molecule has 0 saturated carbocycles. The molecule has 7 heteroatoms.